The second kappa shape index (κ2) is 4.51. The van der Waals surface area contributed by atoms with E-state index in [2.05, 4.69) is 4.98 Å². The Bertz CT molecular complexity index is 754. The number of halogens is 1. The number of benzene rings is 2. The van der Waals surface area contributed by atoms with Crippen molar-refractivity contribution in [3.63, 3.8) is 0 Å². The molecule has 0 unspecified atom stereocenters. The SMILES string of the molecule is Cc1cc(Oc2ccc3scnc3c2N)ccc1F. The van der Waals surface area contributed by atoms with Crippen molar-refractivity contribution in [3.05, 3.63) is 47.2 Å². The predicted molar refractivity (Wildman–Crippen MR) is 75.2 cm³/mol. The summed E-state index contributed by atoms with van der Waals surface area (Å²) in [5, 5.41) is 0. The Balaban J connectivity index is 2.00. The first-order chi connectivity index (χ1) is 9.15. The smallest absolute Gasteiger partial charge is 0.152 e. The van der Waals surface area contributed by atoms with Crippen LogP contribution in [0.2, 0.25) is 0 Å². The minimum absolute atomic E-state index is 0.254. The first-order valence-electron chi connectivity index (χ1n) is 5.71. The molecule has 3 nitrogen and oxygen atoms in total. The molecule has 0 bridgehead atoms. The molecule has 1 heterocycles. The van der Waals surface area contributed by atoms with Crippen molar-refractivity contribution in [2.45, 2.75) is 6.92 Å². The summed E-state index contributed by atoms with van der Waals surface area (Å²) >= 11 is 1.52. The van der Waals surface area contributed by atoms with Crippen LogP contribution in [0.3, 0.4) is 0 Å². The molecule has 0 amide bonds. The third-order valence-corrected chi connectivity index (χ3v) is 3.65. The van der Waals surface area contributed by atoms with E-state index < -0.39 is 0 Å². The molecule has 0 aliphatic rings. The second-order valence-corrected chi connectivity index (χ2v) is 5.08. The van der Waals surface area contributed by atoms with Crippen LogP contribution in [0.25, 0.3) is 10.2 Å². The van der Waals surface area contributed by atoms with E-state index in [0.717, 1.165) is 10.2 Å². The summed E-state index contributed by atoms with van der Waals surface area (Å²) in [5.74, 6) is 0.833. The number of ether oxygens (including phenoxy) is 1. The summed E-state index contributed by atoms with van der Waals surface area (Å²) in [6.07, 6.45) is 0. The maximum Gasteiger partial charge on any atom is 0.152 e. The van der Waals surface area contributed by atoms with Gasteiger partial charge in [0.2, 0.25) is 0 Å². The molecule has 0 radical (unpaired) electrons. The molecule has 3 aromatic rings. The van der Waals surface area contributed by atoms with Crippen molar-refractivity contribution < 1.29 is 9.13 Å². The number of nitrogens with two attached hydrogens (primary N) is 1. The largest absolute Gasteiger partial charge is 0.455 e. The Morgan fingerprint density at radius 2 is 2.11 bits per heavy atom. The van der Waals surface area contributed by atoms with Crippen LogP contribution in [0, 0.1) is 12.7 Å². The summed E-state index contributed by atoms with van der Waals surface area (Å²) in [6, 6.07) is 8.30. The van der Waals surface area contributed by atoms with Crippen LogP contribution in [0.4, 0.5) is 10.1 Å². The van der Waals surface area contributed by atoms with Crippen LogP contribution in [-0.4, -0.2) is 4.98 Å². The van der Waals surface area contributed by atoms with E-state index in [1.165, 1.54) is 17.4 Å². The molecule has 0 fully saturated rings. The first-order valence-corrected chi connectivity index (χ1v) is 6.59. The van der Waals surface area contributed by atoms with Gasteiger partial charge in [0, 0.05) is 0 Å². The quantitative estimate of drug-likeness (QED) is 0.715. The molecule has 5 heteroatoms. The first kappa shape index (κ1) is 11.9. The molecule has 96 valence electrons. The van der Waals surface area contributed by atoms with Gasteiger partial charge in [-0.3, -0.25) is 0 Å². The van der Waals surface area contributed by atoms with E-state index in [1.807, 2.05) is 6.07 Å². The lowest BCUT2D eigenvalue weighted by molar-refractivity contribution is 0.482. The van der Waals surface area contributed by atoms with Crippen molar-refractivity contribution in [1.82, 2.24) is 4.98 Å². The molecule has 0 saturated heterocycles. The van der Waals surface area contributed by atoms with Gasteiger partial charge in [-0.1, -0.05) is 0 Å². The standard InChI is InChI=1S/C14H11FN2OS/c1-8-6-9(2-3-10(8)15)18-11-4-5-12-14(13(11)16)17-7-19-12/h2-7H,16H2,1H3. The molecule has 0 atom stereocenters. The monoisotopic (exact) mass is 274 g/mol. The van der Waals surface area contributed by atoms with E-state index >= 15 is 0 Å². The van der Waals surface area contributed by atoms with Gasteiger partial charge in [-0.15, -0.1) is 11.3 Å². The summed E-state index contributed by atoms with van der Waals surface area (Å²) in [7, 11) is 0. The number of hydrogen-bond donors (Lipinski definition) is 1. The second-order valence-electron chi connectivity index (χ2n) is 4.19. The normalized spacial score (nSPS) is 10.8. The highest BCUT2D eigenvalue weighted by atomic mass is 32.1. The molecule has 19 heavy (non-hydrogen) atoms. The average molecular weight is 274 g/mol. The zero-order chi connectivity index (χ0) is 13.4. The Hall–Kier alpha value is -2.14. The van der Waals surface area contributed by atoms with Crippen LogP contribution >= 0.6 is 11.3 Å². The van der Waals surface area contributed by atoms with Crippen LogP contribution in [0.5, 0.6) is 11.5 Å². The fourth-order valence-electron chi connectivity index (χ4n) is 1.83. The third-order valence-electron chi connectivity index (χ3n) is 2.86. The maximum absolute atomic E-state index is 13.2. The number of aryl methyl sites for hydroxylation is 1. The highest BCUT2D eigenvalue weighted by molar-refractivity contribution is 7.16. The molecule has 1 aromatic heterocycles. The van der Waals surface area contributed by atoms with Crippen molar-refractivity contribution >= 4 is 27.2 Å². The third kappa shape index (κ3) is 2.13. The van der Waals surface area contributed by atoms with Crippen LogP contribution in [-0.2, 0) is 0 Å². The van der Waals surface area contributed by atoms with E-state index in [1.54, 1.807) is 30.6 Å². The predicted octanol–water partition coefficient (Wildman–Crippen LogP) is 4.12. The Labute approximate surface area is 113 Å². The molecule has 0 saturated carbocycles. The zero-order valence-corrected chi connectivity index (χ0v) is 11.0. The highest BCUT2D eigenvalue weighted by Gasteiger charge is 2.09. The lowest BCUT2D eigenvalue weighted by Gasteiger charge is -2.09. The molecular weight excluding hydrogens is 263 g/mol. The maximum atomic E-state index is 13.2. The van der Waals surface area contributed by atoms with E-state index in [0.29, 0.717) is 22.7 Å². The van der Waals surface area contributed by atoms with Crippen molar-refractivity contribution in [2.24, 2.45) is 0 Å². The summed E-state index contributed by atoms with van der Waals surface area (Å²) in [5.41, 5.74) is 9.54. The lowest BCUT2D eigenvalue weighted by atomic mass is 10.2. The number of aromatic nitrogens is 1. The number of nitrogen functional groups attached to an aromatic ring is 1. The number of rotatable bonds is 2. The zero-order valence-electron chi connectivity index (χ0n) is 10.2. The minimum Gasteiger partial charge on any atom is -0.455 e. The van der Waals surface area contributed by atoms with Gasteiger partial charge in [-0.25, -0.2) is 9.37 Å². The highest BCUT2D eigenvalue weighted by Crippen LogP contribution is 2.34. The molecule has 0 spiro atoms. The van der Waals surface area contributed by atoms with E-state index in [-0.39, 0.29) is 5.82 Å². The number of anilines is 1. The van der Waals surface area contributed by atoms with Crippen LogP contribution in [0.1, 0.15) is 5.56 Å². The van der Waals surface area contributed by atoms with Gasteiger partial charge >= 0.3 is 0 Å². The fourth-order valence-corrected chi connectivity index (χ4v) is 2.52. The van der Waals surface area contributed by atoms with Gasteiger partial charge in [0.1, 0.15) is 22.8 Å². The molecule has 0 aliphatic carbocycles. The van der Waals surface area contributed by atoms with Crippen molar-refractivity contribution in [1.29, 1.82) is 0 Å². The van der Waals surface area contributed by atoms with Gasteiger partial charge in [0.25, 0.3) is 0 Å². The summed E-state index contributed by atoms with van der Waals surface area (Å²) in [6.45, 7) is 1.69. The Morgan fingerprint density at radius 3 is 2.89 bits per heavy atom. The van der Waals surface area contributed by atoms with Gasteiger partial charge in [-0.2, -0.15) is 0 Å². The lowest BCUT2D eigenvalue weighted by Crippen LogP contribution is -1.94. The molecule has 2 aromatic carbocycles. The van der Waals surface area contributed by atoms with Crippen molar-refractivity contribution in [3.8, 4) is 11.5 Å². The molecule has 2 N–H and O–H groups in total. The Morgan fingerprint density at radius 1 is 1.26 bits per heavy atom. The molecular formula is C14H11FN2OS. The molecule has 0 aliphatic heterocycles. The van der Waals surface area contributed by atoms with Gasteiger partial charge in [0.15, 0.2) is 5.75 Å². The van der Waals surface area contributed by atoms with E-state index in [4.69, 9.17) is 10.5 Å². The van der Waals surface area contributed by atoms with Crippen molar-refractivity contribution in [2.75, 3.05) is 5.73 Å². The van der Waals surface area contributed by atoms with E-state index in [9.17, 15) is 4.39 Å². The number of hydrogen-bond acceptors (Lipinski definition) is 4. The van der Waals surface area contributed by atoms with Crippen LogP contribution < -0.4 is 10.5 Å². The van der Waals surface area contributed by atoms with Gasteiger partial charge < -0.3 is 10.5 Å². The van der Waals surface area contributed by atoms with Gasteiger partial charge in [0.05, 0.1) is 10.2 Å². The number of nitrogens with zero attached hydrogens (tertiary/aromatic N) is 1. The Kier molecular flexibility index (Phi) is 2.83. The number of thiazole rings is 1. The summed E-state index contributed by atoms with van der Waals surface area (Å²) < 4.78 is 19.9. The number of fused-ring (bicyclic) bond motifs is 1. The van der Waals surface area contributed by atoms with Gasteiger partial charge in [-0.05, 0) is 42.8 Å². The minimum atomic E-state index is -0.254. The average Bonchev–Trinajstić information content (AvgIpc) is 2.86. The molecule has 3 rings (SSSR count). The van der Waals surface area contributed by atoms with Crippen LogP contribution in [0.15, 0.2) is 35.8 Å². The topological polar surface area (TPSA) is 48.1 Å². The summed E-state index contributed by atoms with van der Waals surface area (Å²) in [4.78, 5) is 4.21. The fraction of sp³-hybridized carbons (Fsp3) is 0.0714.